The van der Waals surface area contributed by atoms with Crippen LogP contribution < -0.4 is 5.32 Å². The largest absolute Gasteiger partial charge is 0.388 e. The number of nitrogens with one attached hydrogen (secondary N) is 1. The van der Waals surface area contributed by atoms with Crippen molar-refractivity contribution in [1.82, 2.24) is 5.32 Å². The minimum atomic E-state index is -0.489. The summed E-state index contributed by atoms with van der Waals surface area (Å²) >= 11 is 0. The summed E-state index contributed by atoms with van der Waals surface area (Å²) in [4.78, 5) is 12.9. The Morgan fingerprint density at radius 1 is 1.38 bits per heavy atom. The quantitative estimate of drug-likeness (QED) is 0.664. The van der Waals surface area contributed by atoms with E-state index in [4.69, 9.17) is 4.74 Å². The first-order valence-corrected chi connectivity index (χ1v) is 9.76. The molecule has 0 radical (unpaired) electrons. The van der Waals surface area contributed by atoms with Crippen molar-refractivity contribution in [2.24, 2.45) is 39.9 Å². The van der Waals surface area contributed by atoms with E-state index in [1.807, 2.05) is 0 Å². The third-order valence-corrected chi connectivity index (χ3v) is 10.2. The SMILES string of the molecule is C=C1[C@H]2C[C@@]3([C@@H]1O)[C@@H](CC2=O)[C@@]12[C@@H]4CC[C@@]5(C)[C@H](N[C@@H]1[C@@H]3C[C@H]52)O4. The van der Waals surface area contributed by atoms with Crippen molar-refractivity contribution in [3.05, 3.63) is 12.2 Å². The number of fused-ring (bicyclic) bond motifs is 2. The van der Waals surface area contributed by atoms with Crippen LogP contribution in [-0.4, -0.2) is 35.4 Å². The Morgan fingerprint density at radius 2 is 2.21 bits per heavy atom. The van der Waals surface area contributed by atoms with Gasteiger partial charge in [-0.3, -0.25) is 10.1 Å². The van der Waals surface area contributed by atoms with Crippen LogP contribution in [0.25, 0.3) is 0 Å². The molecule has 2 N–H and O–H groups in total. The Kier molecular flexibility index (Phi) is 1.93. The number of aliphatic hydroxyl groups excluding tert-OH is 1. The van der Waals surface area contributed by atoms with Crippen LogP contribution >= 0.6 is 0 Å². The highest BCUT2D eigenvalue weighted by Crippen LogP contribution is 2.84. The molecular weight excluding hydrogens is 302 g/mol. The number of Topliss-reactive ketones (excluding diaryl/α,β-unsaturated/α-hetero) is 1. The highest BCUT2D eigenvalue weighted by molar-refractivity contribution is 5.87. The molecule has 0 aromatic rings. The summed E-state index contributed by atoms with van der Waals surface area (Å²) in [6.45, 7) is 6.56. The molecule has 4 nitrogen and oxygen atoms in total. The first-order chi connectivity index (χ1) is 11.5. The Labute approximate surface area is 142 Å². The monoisotopic (exact) mass is 327 g/mol. The normalized spacial score (nSPS) is 70.4. The molecule has 4 heterocycles. The third kappa shape index (κ3) is 0.945. The summed E-state index contributed by atoms with van der Waals surface area (Å²) in [7, 11) is 0. The van der Waals surface area contributed by atoms with Crippen LogP contribution in [-0.2, 0) is 9.53 Å². The fourth-order valence-electron chi connectivity index (χ4n) is 9.55. The van der Waals surface area contributed by atoms with Gasteiger partial charge in [-0.15, -0.1) is 0 Å². The number of ether oxygens (including phenoxy) is 1. The zero-order valence-corrected chi connectivity index (χ0v) is 14.1. The van der Waals surface area contributed by atoms with Gasteiger partial charge in [-0.1, -0.05) is 13.5 Å². The average Bonchev–Trinajstić information content (AvgIpc) is 3.09. The molecule has 9 fully saturated rings. The number of hydrogen-bond donors (Lipinski definition) is 2. The molecule has 0 aromatic heterocycles. The second-order valence-electron chi connectivity index (χ2n) is 10.2. The number of ketones is 1. The van der Waals surface area contributed by atoms with Crippen LogP contribution in [0.4, 0.5) is 0 Å². The summed E-state index contributed by atoms with van der Waals surface area (Å²) in [5.74, 6) is 1.69. The molecule has 128 valence electrons. The molecule has 2 spiro atoms. The van der Waals surface area contributed by atoms with Gasteiger partial charge in [0.2, 0.25) is 0 Å². The van der Waals surface area contributed by atoms with E-state index >= 15 is 0 Å². The molecule has 0 aromatic carbocycles. The van der Waals surface area contributed by atoms with Crippen molar-refractivity contribution in [1.29, 1.82) is 0 Å². The van der Waals surface area contributed by atoms with Crippen molar-refractivity contribution in [2.75, 3.05) is 0 Å². The highest BCUT2D eigenvalue weighted by Gasteiger charge is 2.87. The lowest BCUT2D eigenvalue weighted by Crippen LogP contribution is -2.77. The molecule has 5 saturated carbocycles. The van der Waals surface area contributed by atoms with Gasteiger partial charge in [0.05, 0.1) is 12.2 Å². The molecule has 5 aliphatic carbocycles. The summed E-state index contributed by atoms with van der Waals surface area (Å²) in [5, 5.41) is 15.1. The van der Waals surface area contributed by atoms with Crippen LogP contribution in [0.15, 0.2) is 12.2 Å². The topological polar surface area (TPSA) is 58.6 Å². The molecule has 9 rings (SSSR count). The van der Waals surface area contributed by atoms with Gasteiger partial charge in [-0.05, 0) is 49.0 Å². The van der Waals surface area contributed by atoms with Crippen LogP contribution in [0.1, 0.15) is 39.0 Å². The van der Waals surface area contributed by atoms with Crippen molar-refractivity contribution < 1.29 is 14.6 Å². The predicted octanol–water partition coefficient (Wildman–Crippen LogP) is 1.63. The van der Waals surface area contributed by atoms with E-state index in [0.29, 0.717) is 36.2 Å². The molecular formula is C20H25NO3. The Morgan fingerprint density at radius 3 is 3.04 bits per heavy atom. The summed E-state index contributed by atoms with van der Waals surface area (Å²) < 4.78 is 6.51. The summed E-state index contributed by atoms with van der Waals surface area (Å²) in [6.07, 6.45) is 5.07. The van der Waals surface area contributed by atoms with E-state index in [0.717, 1.165) is 18.4 Å². The molecule has 4 aliphatic heterocycles. The second-order valence-corrected chi connectivity index (χ2v) is 10.2. The molecule has 24 heavy (non-hydrogen) atoms. The van der Waals surface area contributed by atoms with Crippen molar-refractivity contribution in [3.8, 4) is 0 Å². The first kappa shape index (κ1) is 13.5. The van der Waals surface area contributed by atoms with Gasteiger partial charge >= 0.3 is 0 Å². The maximum atomic E-state index is 12.9. The molecule has 11 atom stereocenters. The number of carbonyl (C=O) groups excluding carboxylic acids is 1. The molecule has 9 aliphatic rings. The number of rotatable bonds is 0. The third-order valence-electron chi connectivity index (χ3n) is 10.2. The second kappa shape index (κ2) is 3.43. The maximum Gasteiger partial charge on any atom is 0.140 e. The van der Waals surface area contributed by atoms with Crippen LogP contribution in [0.3, 0.4) is 0 Å². The fraction of sp³-hybridized carbons (Fsp3) is 0.850. The molecule has 9 bridgehead atoms. The van der Waals surface area contributed by atoms with Crippen molar-refractivity contribution in [2.45, 2.75) is 63.5 Å². The fourth-order valence-corrected chi connectivity index (χ4v) is 9.55. The van der Waals surface area contributed by atoms with Gasteiger partial charge in [0.1, 0.15) is 12.0 Å². The van der Waals surface area contributed by atoms with Gasteiger partial charge in [-0.2, -0.15) is 0 Å². The number of aliphatic hydroxyl groups is 1. The molecule has 4 saturated heterocycles. The van der Waals surface area contributed by atoms with Gasteiger partial charge in [0.25, 0.3) is 0 Å². The van der Waals surface area contributed by atoms with Gasteiger partial charge in [0.15, 0.2) is 0 Å². The Balaban J connectivity index is 1.51. The molecule has 0 unspecified atom stereocenters. The van der Waals surface area contributed by atoms with Crippen LogP contribution in [0.5, 0.6) is 0 Å². The average molecular weight is 327 g/mol. The number of hydrogen-bond acceptors (Lipinski definition) is 4. The molecule has 4 heteroatoms. The number of piperidine rings is 1. The van der Waals surface area contributed by atoms with E-state index in [2.05, 4.69) is 18.8 Å². The van der Waals surface area contributed by atoms with E-state index < -0.39 is 6.10 Å². The molecule has 0 amide bonds. The maximum absolute atomic E-state index is 12.9. The van der Waals surface area contributed by atoms with Crippen LogP contribution in [0.2, 0.25) is 0 Å². The number of carbonyl (C=O) groups is 1. The lowest BCUT2D eigenvalue weighted by molar-refractivity contribution is -0.327. The first-order valence-electron chi connectivity index (χ1n) is 9.76. The van der Waals surface area contributed by atoms with Gasteiger partial charge < -0.3 is 9.84 Å². The van der Waals surface area contributed by atoms with E-state index in [-0.39, 0.29) is 34.3 Å². The standard InChI is InChI=1S/C20H25NO3/c1-8-9-7-19(16(8)23)10-5-12-18(2)4-3-14-20(12,13(19)6-11(9)22)15(10)21-17(18)24-14/h9-10,12-17,21,23H,1,3-7H2,2H3/t9-,10+,12-,13-,14+,15-,16-,17-,18-,19+,20+/m1/s1. The van der Waals surface area contributed by atoms with Crippen molar-refractivity contribution in [3.63, 3.8) is 0 Å². The van der Waals surface area contributed by atoms with Gasteiger partial charge in [0, 0.05) is 34.6 Å². The van der Waals surface area contributed by atoms with E-state index in [9.17, 15) is 9.90 Å². The zero-order valence-electron chi connectivity index (χ0n) is 14.1. The van der Waals surface area contributed by atoms with E-state index in [1.165, 1.54) is 12.8 Å². The zero-order chi connectivity index (χ0) is 16.2. The minimum absolute atomic E-state index is 0.0820. The smallest absolute Gasteiger partial charge is 0.140 e. The Hall–Kier alpha value is -0.710. The van der Waals surface area contributed by atoms with Gasteiger partial charge in [-0.25, -0.2) is 0 Å². The van der Waals surface area contributed by atoms with E-state index in [1.54, 1.807) is 0 Å². The predicted molar refractivity (Wildman–Crippen MR) is 85.8 cm³/mol. The lowest BCUT2D eigenvalue weighted by atomic mass is 9.42. The minimum Gasteiger partial charge on any atom is -0.388 e. The lowest BCUT2D eigenvalue weighted by Gasteiger charge is -2.70. The highest BCUT2D eigenvalue weighted by atomic mass is 16.5. The Bertz CT molecular complexity index is 734. The van der Waals surface area contributed by atoms with Crippen molar-refractivity contribution >= 4 is 5.78 Å². The van der Waals surface area contributed by atoms with Crippen LogP contribution in [0, 0.1) is 39.9 Å². The summed E-state index contributed by atoms with van der Waals surface area (Å²) in [5.41, 5.74) is 0.997. The summed E-state index contributed by atoms with van der Waals surface area (Å²) in [6, 6.07) is 0.441.